The van der Waals surface area contributed by atoms with Crippen LogP contribution in [0.25, 0.3) is 0 Å². The molecule has 0 radical (unpaired) electrons. The van der Waals surface area contributed by atoms with Crippen LogP contribution in [-0.2, 0) is 10.8 Å². The van der Waals surface area contributed by atoms with Crippen LogP contribution in [0, 0.1) is 20.2 Å². The predicted octanol–water partition coefficient (Wildman–Crippen LogP) is 4.49. The van der Waals surface area contributed by atoms with E-state index >= 15 is 0 Å². The van der Waals surface area contributed by atoms with E-state index < -0.39 is 10.3 Å². The van der Waals surface area contributed by atoms with Gasteiger partial charge in [-0.05, 0) is 28.5 Å². The fraction of sp³-hybridized carbons (Fsp3) is 0.333. The molecule has 0 aromatic heterocycles. The van der Waals surface area contributed by atoms with Gasteiger partial charge in [-0.3, -0.25) is 20.2 Å². The Kier molecular flexibility index (Phi) is 3.44. The Balaban J connectivity index is 2.17. The lowest BCUT2D eigenvalue weighted by atomic mass is 9.75. The largest absolute Gasteiger partial charge is 0.269 e. The summed E-state index contributed by atoms with van der Waals surface area (Å²) in [4.78, 5) is 21.2. The van der Waals surface area contributed by atoms with Crippen LogP contribution in [0.2, 0.25) is 0 Å². The summed E-state index contributed by atoms with van der Waals surface area (Å²) >= 11 is 0. The second kappa shape index (κ2) is 5.12. The van der Waals surface area contributed by atoms with Gasteiger partial charge in [0.05, 0.1) is 9.85 Å². The summed E-state index contributed by atoms with van der Waals surface area (Å²) in [6.07, 6.45) is 0.786. The lowest BCUT2D eigenvalue weighted by Gasteiger charge is -2.28. The normalized spacial score (nSPS) is 21.3. The fourth-order valence-electron chi connectivity index (χ4n) is 3.98. The van der Waals surface area contributed by atoms with Gasteiger partial charge >= 0.3 is 0 Å². The van der Waals surface area contributed by atoms with E-state index in [2.05, 4.69) is 13.8 Å². The average molecular weight is 326 g/mol. The molecule has 0 unspecified atom stereocenters. The van der Waals surface area contributed by atoms with Crippen molar-refractivity contribution in [2.24, 2.45) is 0 Å². The van der Waals surface area contributed by atoms with Crippen LogP contribution >= 0.6 is 0 Å². The Morgan fingerprint density at radius 1 is 0.833 bits per heavy atom. The number of benzene rings is 2. The van der Waals surface area contributed by atoms with E-state index in [1.165, 1.54) is 12.1 Å². The minimum atomic E-state index is -0.427. The van der Waals surface area contributed by atoms with Gasteiger partial charge in [-0.15, -0.1) is 0 Å². The van der Waals surface area contributed by atoms with E-state index in [4.69, 9.17) is 0 Å². The molecule has 1 aliphatic rings. The highest BCUT2D eigenvalue weighted by Crippen LogP contribution is 2.53. The number of fused-ring (bicyclic) bond motifs is 1. The Morgan fingerprint density at radius 2 is 1.38 bits per heavy atom. The van der Waals surface area contributed by atoms with Crippen molar-refractivity contribution in [2.75, 3.05) is 0 Å². The van der Waals surface area contributed by atoms with Gasteiger partial charge < -0.3 is 0 Å². The maximum atomic E-state index is 11.2. The average Bonchev–Trinajstić information content (AvgIpc) is 2.74. The van der Waals surface area contributed by atoms with E-state index in [0.29, 0.717) is 0 Å². The third kappa shape index (κ3) is 2.35. The van der Waals surface area contributed by atoms with Gasteiger partial charge in [0.1, 0.15) is 0 Å². The first kappa shape index (κ1) is 16.1. The van der Waals surface area contributed by atoms with E-state index in [9.17, 15) is 20.2 Å². The molecule has 24 heavy (non-hydrogen) atoms. The van der Waals surface area contributed by atoms with Crippen LogP contribution < -0.4 is 0 Å². The fourth-order valence-corrected chi connectivity index (χ4v) is 3.98. The smallest absolute Gasteiger partial charge is 0.258 e. The molecule has 6 nitrogen and oxygen atoms in total. The third-order valence-corrected chi connectivity index (χ3v) is 5.05. The lowest BCUT2D eigenvalue weighted by molar-refractivity contribution is -0.385. The Morgan fingerprint density at radius 3 is 1.92 bits per heavy atom. The molecule has 2 aromatic rings. The standard InChI is InChI=1S/C18H18N2O4/c1-17(2)11-18(3,12-4-6-13(7-5-12)19(21)22)16-10-14(20(23)24)8-9-15(16)17/h4-10H,11H2,1-3H3/t18-/m0/s1. The van der Waals surface area contributed by atoms with Crippen molar-refractivity contribution in [2.45, 2.75) is 38.0 Å². The van der Waals surface area contributed by atoms with E-state index in [1.807, 2.05) is 13.0 Å². The molecule has 3 rings (SSSR count). The lowest BCUT2D eigenvalue weighted by Crippen LogP contribution is -2.23. The highest BCUT2D eigenvalue weighted by Gasteiger charge is 2.46. The first-order valence-corrected chi connectivity index (χ1v) is 7.69. The first-order chi connectivity index (χ1) is 11.1. The van der Waals surface area contributed by atoms with Crippen LogP contribution in [0.15, 0.2) is 42.5 Å². The molecule has 0 spiro atoms. The van der Waals surface area contributed by atoms with E-state index in [1.54, 1.807) is 24.3 Å². The number of non-ortho nitro benzene ring substituents is 2. The van der Waals surface area contributed by atoms with Crippen molar-refractivity contribution in [3.63, 3.8) is 0 Å². The number of nitro benzene ring substituents is 2. The quantitative estimate of drug-likeness (QED) is 0.614. The zero-order valence-corrected chi connectivity index (χ0v) is 13.8. The van der Waals surface area contributed by atoms with Crippen LogP contribution in [-0.4, -0.2) is 9.85 Å². The Labute approximate surface area is 139 Å². The Bertz CT molecular complexity index is 843. The number of nitro groups is 2. The zero-order valence-electron chi connectivity index (χ0n) is 13.8. The summed E-state index contributed by atoms with van der Waals surface area (Å²) in [6.45, 7) is 6.29. The maximum Gasteiger partial charge on any atom is 0.269 e. The predicted molar refractivity (Wildman–Crippen MR) is 90.3 cm³/mol. The molecular formula is C18H18N2O4. The van der Waals surface area contributed by atoms with Crippen LogP contribution in [0.4, 0.5) is 11.4 Å². The minimum absolute atomic E-state index is 0.0406. The monoisotopic (exact) mass is 326 g/mol. The molecule has 0 saturated carbocycles. The first-order valence-electron chi connectivity index (χ1n) is 7.69. The van der Waals surface area contributed by atoms with Crippen molar-refractivity contribution in [3.8, 4) is 0 Å². The highest BCUT2D eigenvalue weighted by atomic mass is 16.6. The van der Waals surface area contributed by atoms with Crippen molar-refractivity contribution < 1.29 is 9.85 Å². The SMILES string of the molecule is CC1(C)C[C@@](C)(c2ccc([N+](=O)[O-])cc2)c2cc([N+](=O)[O-])ccc21. The van der Waals surface area contributed by atoms with Gasteiger partial charge in [0, 0.05) is 29.7 Å². The molecule has 6 heteroatoms. The molecular weight excluding hydrogens is 308 g/mol. The van der Waals surface area contributed by atoms with Gasteiger partial charge in [-0.25, -0.2) is 0 Å². The van der Waals surface area contributed by atoms with Crippen molar-refractivity contribution in [1.29, 1.82) is 0 Å². The summed E-state index contributed by atoms with van der Waals surface area (Å²) in [5, 5.41) is 22.0. The van der Waals surface area contributed by atoms with Gasteiger partial charge in [0.15, 0.2) is 0 Å². The van der Waals surface area contributed by atoms with Crippen molar-refractivity contribution >= 4 is 11.4 Å². The molecule has 2 aromatic carbocycles. The van der Waals surface area contributed by atoms with E-state index in [-0.39, 0.29) is 21.7 Å². The summed E-state index contributed by atoms with van der Waals surface area (Å²) in [5.74, 6) is 0. The summed E-state index contributed by atoms with van der Waals surface area (Å²) in [7, 11) is 0. The summed E-state index contributed by atoms with van der Waals surface area (Å²) in [6, 6.07) is 11.5. The molecule has 0 amide bonds. The summed E-state index contributed by atoms with van der Waals surface area (Å²) < 4.78 is 0. The topological polar surface area (TPSA) is 86.3 Å². The molecule has 1 atom stereocenters. The Hall–Kier alpha value is -2.76. The third-order valence-electron chi connectivity index (χ3n) is 5.05. The van der Waals surface area contributed by atoms with Gasteiger partial charge in [0.25, 0.3) is 11.4 Å². The second-order valence-corrected chi connectivity index (χ2v) is 7.18. The van der Waals surface area contributed by atoms with Gasteiger partial charge in [-0.2, -0.15) is 0 Å². The van der Waals surface area contributed by atoms with Gasteiger partial charge in [0.2, 0.25) is 0 Å². The number of hydrogen-bond acceptors (Lipinski definition) is 4. The molecule has 124 valence electrons. The summed E-state index contributed by atoms with van der Waals surface area (Å²) in [5.41, 5.74) is 2.52. The van der Waals surface area contributed by atoms with Crippen LogP contribution in [0.1, 0.15) is 43.9 Å². The maximum absolute atomic E-state index is 11.2. The molecule has 0 saturated heterocycles. The molecule has 0 fully saturated rings. The van der Waals surface area contributed by atoms with Crippen LogP contribution in [0.5, 0.6) is 0 Å². The minimum Gasteiger partial charge on any atom is -0.258 e. The number of hydrogen-bond donors (Lipinski definition) is 0. The zero-order chi connectivity index (χ0) is 17.7. The molecule has 0 aliphatic heterocycles. The molecule has 0 heterocycles. The van der Waals surface area contributed by atoms with E-state index in [0.717, 1.165) is 23.1 Å². The molecule has 0 bridgehead atoms. The highest BCUT2D eigenvalue weighted by molar-refractivity contribution is 5.56. The number of rotatable bonds is 3. The second-order valence-electron chi connectivity index (χ2n) is 7.18. The number of nitrogens with zero attached hydrogens (tertiary/aromatic N) is 2. The van der Waals surface area contributed by atoms with Crippen molar-refractivity contribution in [3.05, 3.63) is 79.4 Å². The van der Waals surface area contributed by atoms with Crippen molar-refractivity contribution in [1.82, 2.24) is 0 Å². The van der Waals surface area contributed by atoms with Gasteiger partial charge in [-0.1, -0.05) is 39.0 Å². The molecule has 1 aliphatic carbocycles. The molecule has 0 N–H and O–H groups in total. The van der Waals surface area contributed by atoms with Crippen LogP contribution in [0.3, 0.4) is 0 Å².